The Morgan fingerprint density at radius 3 is 1.36 bits per heavy atom. The van der Waals surface area contributed by atoms with E-state index in [2.05, 4.69) is 12.2 Å². The first-order valence-corrected chi connectivity index (χ1v) is 9.00. The van der Waals surface area contributed by atoms with Crippen LogP contribution in [0.5, 0.6) is 0 Å². The molecular weight excluding hydrogens is 276 g/mol. The maximum atomic E-state index is 12.9. The van der Waals surface area contributed by atoms with Crippen LogP contribution in [-0.4, -0.2) is 47.8 Å². The van der Waals surface area contributed by atoms with Crippen molar-refractivity contribution in [2.75, 3.05) is 26.2 Å². The van der Waals surface area contributed by atoms with Gasteiger partial charge >= 0.3 is 0 Å². The van der Waals surface area contributed by atoms with Gasteiger partial charge in [-0.25, -0.2) is 0 Å². The van der Waals surface area contributed by atoms with Gasteiger partial charge in [0.15, 0.2) is 0 Å². The molecule has 122 valence electrons. The van der Waals surface area contributed by atoms with Gasteiger partial charge in [-0.05, 0) is 51.4 Å². The van der Waals surface area contributed by atoms with E-state index in [4.69, 9.17) is 0 Å². The van der Waals surface area contributed by atoms with Gasteiger partial charge in [0.25, 0.3) is 0 Å². The lowest BCUT2D eigenvalue weighted by Gasteiger charge is -2.37. The minimum Gasteiger partial charge on any atom is -0.342 e. The fraction of sp³-hybridized carbons (Fsp3) is 0.778. The topological polar surface area (TPSA) is 40.6 Å². The van der Waals surface area contributed by atoms with Crippen molar-refractivity contribution in [3.05, 3.63) is 12.2 Å². The van der Waals surface area contributed by atoms with Crippen LogP contribution in [0.2, 0.25) is 0 Å². The number of amides is 2. The predicted octanol–water partition coefficient (Wildman–Crippen LogP) is 2.59. The number of piperidine rings is 2. The highest BCUT2D eigenvalue weighted by Gasteiger charge is 2.38. The summed E-state index contributed by atoms with van der Waals surface area (Å²) in [6.07, 6.45) is 12.5. The molecule has 3 rings (SSSR count). The molecular formula is C18H28N2O2. The van der Waals surface area contributed by atoms with E-state index in [1.807, 2.05) is 9.80 Å². The zero-order valence-corrected chi connectivity index (χ0v) is 13.5. The lowest BCUT2D eigenvalue weighted by Crippen LogP contribution is -2.48. The van der Waals surface area contributed by atoms with Gasteiger partial charge in [-0.3, -0.25) is 9.59 Å². The van der Waals surface area contributed by atoms with Crippen LogP contribution in [0, 0.1) is 11.8 Å². The van der Waals surface area contributed by atoms with Crippen LogP contribution < -0.4 is 0 Å². The molecule has 4 heteroatoms. The standard InChI is InChI=1S/C18H28N2O2/c21-17(19-11-5-1-6-12-19)15-9-3-4-10-16(15)18(22)20-13-7-2-8-14-20/h3-4,15-16H,1-2,5-14H2. The summed E-state index contributed by atoms with van der Waals surface area (Å²) in [4.78, 5) is 29.8. The summed E-state index contributed by atoms with van der Waals surface area (Å²) < 4.78 is 0. The van der Waals surface area contributed by atoms with Crippen LogP contribution in [0.1, 0.15) is 51.4 Å². The lowest BCUT2D eigenvalue weighted by atomic mass is 9.80. The maximum absolute atomic E-state index is 12.9. The molecule has 0 saturated carbocycles. The predicted molar refractivity (Wildman–Crippen MR) is 86.2 cm³/mol. The molecule has 0 aromatic heterocycles. The van der Waals surface area contributed by atoms with Crippen LogP contribution in [0.3, 0.4) is 0 Å². The number of carbonyl (C=O) groups excluding carboxylic acids is 2. The molecule has 1 aliphatic carbocycles. The van der Waals surface area contributed by atoms with Crippen molar-refractivity contribution in [3.63, 3.8) is 0 Å². The van der Waals surface area contributed by atoms with E-state index in [9.17, 15) is 9.59 Å². The highest BCUT2D eigenvalue weighted by molar-refractivity contribution is 5.88. The van der Waals surface area contributed by atoms with Gasteiger partial charge in [0.2, 0.25) is 11.8 Å². The zero-order valence-electron chi connectivity index (χ0n) is 13.5. The van der Waals surface area contributed by atoms with E-state index in [1.165, 1.54) is 12.8 Å². The van der Waals surface area contributed by atoms with Crippen molar-refractivity contribution < 1.29 is 9.59 Å². The molecule has 0 aromatic rings. The van der Waals surface area contributed by atoms with E-state index in [-0.39, 0.29) is 23.7 Å². The molecule has 2 aliphatic heterocycles. The van der Waals surface area contributed by atoms with Crippen LogP contribution in [-0.2, 0) is 9.59 Å². The molecule has 2 saturated heterocycles. The Kier molecular flexibility index (Phi) is 5.16. The Hall–Kier alpha value is -1.32. The van der Waals surface area contributed by atoms with Gasteiger partial charge in [0.05, 0.1) is 11.8 Å². The van der Waals surface area contributed by atoms with E-state index in [0.29, 0.717) is 0 Å². The summed E-state index contributed by atoms with van der Waals surface area (Å²) in [6, 6.07) is 0. The summed E-state index contributed by atoms with van der Waals surface area (Å²) in [5.41, 5.74) is 0. The molecule has 0 radical (unpaired) electrons. The zero-order chi connectivity index (χ0) is 15.4. The second kappa shape index (κ2) is 7.30. The molecule has 3 aliphatic rings. The molecule has 0 bridgehead atoms. The third-order valence-electron chi connectivity index (χ3n) is 5.40. The largest absolute Gasteiger partial charge is 0.342 e. The first-order chi connectivity index (χ1) is 10.8. The van der Waals surface area contributed by atoms with Crippen LogP contribution in [0.15, 0.2) is 12.2 Å². The molecule has 0 spiro atoms. The first kappa shape index (κ1) is 15.6. The van der Waals surface area contributed by atoms with Crippen molar-refractivity contribution in [3.8, 4) is 0 Å². The Bertz CT molecular complexity index is 394. The van der Waals surface area contributed by atoms with E-state index in [1.54, 1.807) is 0 Å². The Morgan fingerprint density at radius 2 is 1.00 bits per heavy atom. The molecule has 2 unspecified atom stereocenters. The van der Waals surface area contributed by atoms with Crippen molar-refractivity contribution >= 4 is 11.8 Å². The van der Waals surface area contributed by atoms with E-state index < -0.39 is 0 Å². The molecule has 22 heavy (non-hydrogen) atoms. The Balaban J connectivity index is 1.68. The first-order valence-electron chi connectivity index (χ1n) is 9.00. The number of likely N-dealkylation sites (tertiary alicyclic amines) is 2. The second-order valence-electron chi connectivity index (χ2n) is 6.93. The van der Waals surface area contributed by atoms with Crippen molar-refractivity contribution in [1.82, 2.24) is 9.80 Å². The number of nitrogens with zero attached hydrogens (tertiary/aromatic N) is 2. The van der Waals surface area contributed by atoms with Crippen molar-refractivity contribution in [2.45, 2.75) is 51.4 Å². The smallest absolute Gasteiger partial charge is 0.226 e. The van der Waals surface area contributed by atoms with E-state index in [0.717, 1.165) is 64.7 Å². The summed E-state index contributed by atoms with van der Waals surface area (Å²) in [6.45, 7) is 3.51. The minimum atomic E-state index is -0.127. The van der Waals surface area contributed by atoms with Crippen LogP contribution >= 0.6 is 0 Å². The summed E-state index contributed by atoms with van der Waals surface area (Å²) >= 11 is 0. The third-order valence-corrected chi connectivity index (χ3v) is 5.40. The van der Waals surface area contributed by atoms with Gasteiger partial charge in [-0.1, -0.05) is 12.2 Å². The average Bonchev–Trinajstić information content (AvgIpc) is 2.62. The molecule has 0 aromatic carbocycles. The number of hydrogen-bond donors (Lipinski definition) is 0. The number of carbonyl (C=O) groups is 2. The minimum absolute atomic E-state index is 0.127. The lowest BCUT2D eigenvalue weighted by molar-refractivity contribution is -0.147. The molecule has 2 fully saturated rings. The van der Waals surface area contributed by atoms with Gasteiger partial charge in [-0.15, -0.1) is 0 Å². The normalized spacial score (nSPS) is 29.5. The quantitative estimate of drug-likeness (QED) is 0.736. The maximum Gasteiger partial charge on any atom is 0.226 e. The van der Waals surface area contributed by atoms with Gasteiger partial charge in [-0.2, -0.15) is 0 Å². The summed E-state index contributed by atoms with van der Waals surface area (Å²) in [5, 5.41) is 0. The number of hydrogen-bond acceptors (Lipinski definition) is 2. The average molecular weight is 304 g/mol. The van der Waals surface area contributed by atoms with Gasteiger partial charge in [0.1, 0.15) is 0 Å². The Morgan fingerprint density at radius 1 is 0.636 bits per heavy atom. The molecule has 2 amide bonds. The number of allylic oxidation sites excluding steroid dienone is 2. The molecule has 0 N–H and O–H groups in total. The van der Waals surface area contributed by atoms with Crippen LogP contribution in [0.25, 0.3) is 0 Å². The number of rotatable bonds is 2. The Labute approximate surface area is 133 Å². The SMILES string of the molecule is O=C(C1CC=CCC1C(=O)N1CCCCC1)N1CCCCC1. The molecule has 4 nitrogen and oxygen atoms in total. The van der Waals surface area contributed by atoms with Crippen LogP contribution in [0.4, 0.5) is 0 Å². The fourth-order valence-corrected chi connectivity index (χ4v) is 4.06. The fourth-order valence-electron chi connectivity index (χ4n) is 4.06. The summed E-state index contributed by atoms with van der Waals surface area (Å²) in [5.74, 6) is 0.189. The third kappa shape index (κ3) is 3.36. The molecule has 2 atom stereocenters. The van der Waals surface area contributed by atoms with Gasteiger partial charge < -0.3 is 9.80 Å². The molecule has 2 heterocycles. The second-order valence-corrected chi connectivity index (χ2v) is 6.93. The summed E-state index contributed by atoms with van der Waals surface area (Å²) in [7, 11) is 0. The highest BCUT2D eigenvalue weighted by Crippen LogP contribution is 2.31. The van der Waals surface area contributed by atoms with Gasteiger partial charge in [0, 0.05) is 26.2 Å². The highest BCUT2D eigenvalue weighted by atomic mass is 16.2. The van der Waals surface area contributed by atoms with Crippen molar-refractivity contribution in [2.24, 2.45) is 11.8 Å². The monoisotopic (exact) mass is 304 g/mol. The van der Waals surface area contributed by atoms with Crippen molar-refractivity contribution in [1.29, 1.82) is 0 Å². The van der Waals surface area contributed by atoms with E-state index >= 15 is 0 Å².